The maximum atomic E-state index is 14.1. The summed E-state index contributed by atoms with van der Waals surface area (Å²) in [5.41, 5.74) is -1.57. The van der Waals surface area contributed by atoms with Gasteiger partial charge in [0.05, 0.1) is 64.4 Å². The molecule has 2 aliphatic carbocycles. The summed E-state index contributed by atoms with van der Waals surface area (Å²) in [6, 6.07) is 13.0. The number of nitrogens with zero attached hydrogens (tertiary/aromatic N) is 1. The molecule has 15 nitrogen and oxygen atoms in total. The van der Waals surface area contributed by atoms with Crippen LogP contribution in [0, 0.1) is 5.82 Å². The molecule has 3 aliphatic rings. The summed E-state index contributed by atoms with van der Waals surface area (Å²) in [7, 11) is 1.31. The third kappa shape index (κ3) is 8.02. The number of phenolic OH excluding ortho intramolecular Hbond substituents is 2. The predicted octanol–water partition coefficient (Wildman–Crippen LogP) is 4.69. The van der Waals surface area contributed by atoms with Crippen LogP contribution in [0.15, 0.2) is 65.8 Å². The SMILES string of the molecule is COc1cccc2c1C(=O)c1c(O)c3c(c(O)c1C2=O)CC(O)(C(CO)=NNC(=O)c1ccc(Cl)c(Cl)c1)CC3OC1CC(NC(=S)Nc2ccc(F)cc2)C(O)C(C)O1. The van der Waals surface area contributed by atoms with Gasteiger partial charge in [0.15, 0.2) is 17.2 Å². The third-order valence-corrected chi connectivity index (χ3v) is 11.6. The molecule has 0 bridgehead atoms. The van der Waals surface area contributed by atoms with Gasteiger partial charge in [-0.15, -0.1) is 0 Å². The summed E-state index contributed by atoms with van der Waals surface area (Å²) in [5.74, 6) is -4.30. The number of rotatable bonds is 9. The standard InChI is InChI=1S/C41H37Cl2FN4O11S/c1-17-34(50)25(46-40(60)45-20-9-7-19(44)8-10-20)13-29(58-17)59-27-15-41(56,28(16-49)47-48-39(55)18-6-11-23(42)24(43)12-18)14-22-31(27)38(54)33-32(36(22)52)35(51)21-4-3-5-26(57-2)30(21)37(33)53/h3-12,17,25,27,29,34,49-50,52,54,56H,13-16H2,1-2H3,(H,48,55)(H2,45,46,60). The fraction of sp³-hybridized carbons (Fsp3) is 0.293. The Morgan fingerprint density at radius 3 is 2.43 bits per heavy atom. The van der Waals surface area contributed by atoms with Crippen molar-refractivity contribution in [2.24, 2.45) is 5.10 Å². The lowest BCUT2D eigenvalue weighted by Gasteiger charge is -2.43. The van der Waals surface area contributed by atoms with E-state index in [1.807, 2.05) is 0 Å². The number of phenols is 2. The zero-order valence-electron chi connectivity index (χ0n) is 31.7. The van der Waals surface area contributed by atoms with Gasteiger partial charge in [-0.05, 0) is 67.7 Å². The van der Waals surface area contributed by atoms with Crippen molar-refractivity contribution < 1.29 is 58.5 Å². The van der Waals surface area contributed by atoms with Gasteiger partial charge in [0.2, 0.25) is 5.78 Å². The van der Waals surface area contributed by atoms with Crippen molar-refractivity contribution in [2.45, 2.75) is 62.4 Å². The van der Waals surface area contributed by atoms with Crippen LogP contribution >= 0.6 is 35.4 Å². The number of halogens is 3. The molecular weight excluding hydrogens is 846 g/mol. The van der Waals surface area contributed by atoms with Crippen molar-refractivity contribution in [3.63, 3.8) is 0 Å². The Kier molecular flexibility index (Phi) is 12.2. The van der Waals surface area contributed by atoms with E-state index < -0.39 is 107 Å². The predicted molar refractivity (Wildman–Crippen MR) is 220 cm³/mol. The summed E-state index contributed by atoms with van der Waals surface area (Å²) in [6.45, 7) is 0.633. The van der Waals surface area contributed by atoms with E-state index in [2.05, 4.69) is 21.2 Å². The monoisotopic (exact) mass is 882 g/mol. The number of hydrogen-bond acceptors (Lipinski definition) is 13. The van der Waals surface area contributed by atoms with E-state index in [9.17, 15) is 44.3 Å². The number of thiocarbonyl (C=S) groups is 1. The number of aromatic hydroxyl groups is 2. The number of nitrogens with one attached hydrogen (secondary N) is 3. The summed E-state index contributed by atoms with van der Waals surface area (Å²) in [4.78, 5) is 41.2. The number of benzene rings is 4. The van der Waals surface area contributed by atoms with Crippen LogP contribution in [0.25, 0.3) is 0 Å². The number of methoxy groups -OCH3 is 1. The zero-order chi connectivity index (χ0) is 43.2. The average molecular weight is 884 g/mol. The number of hydrogen-bond donors (Lipinski definition) is 8. The molecule has 6 atom stereocenters. The molecule has 4 aromatic rings. The van der Waals surface area contributed by atoms with Gasteiger partial charge in [-0.2, -0.15) is 5.10 Å². The maximum absolute atomic E-state index is 14.1. The van der Waals surface area contributed by atoms with Crippen LogP contribution in [0.1, 0.15) is 79.2 Å². The molecule has 1 heterocycles. The van der Waals surface area contributed by atoms with Crippen LogP contribution in [-0.4, -0.2) is 97.7 Å². The Labute approximate surface area is 356 Å². The van der Waals surface area contributed by atoms with Crippen LogP contribution in [0.5, 0.6) is 17.2 Å². The second-order valence-electron chi connectivity index (χ2n) is 14.4. The Hall–Kier alpha value is -5.24. The first-order valence-electron chi connectivity index (χ1n) is 18.4. The van der Waals surface area contributed by atoms with Crippen LogP contribution in [0.3, 0.4) is 0 Å². The molecule has 0 spiro atoms. The highest BCUT2D eigenvalue weighted by Gasteiger charge is 2.50. The number of ether oxygens (including phenoxy) is 3. The normalized spacial score (nSPS) is 23.5. The van der Waals surface area contributed by atoms with Gasteiger partial charge in [-0.3, -0.25) is 14.4 Å². The highest BCUT2D eigenvalue weighted by Crippen LogP contribution is 2.52. The number of hydrazone groups is 1. The first-order chi connectivity index (χ1) is 28.5. The fourth-order valence-corrected chi connectivity index (χ4v) is 8.26. The molecule has 1 saturated heterocycles. The van der Waals surface area contributed by atoms with Crippen molar-refractivity contribution in [2.75, 3.05) is 19.0 Å². The number of amides is 1. The minimum absolute atomic E-state index is 0.0446. The van der Waals surface area contributed by atoms with E-state index in [4.69, 9.17) is 49.6 Å². The van der Waals surface area contributed by atoms with Gasteiger partial charge in [-0.25, -0.2) is 9.82 Å². The molecule has 4 aromatic carbocycles. The van der Waals surface area contributed by atoms with E-state index in [1.165, 1.54) is 67.8 Å². The Bertz CT molecular complexity index is 2460. The molecule has 60 heavy (non-hydrogen) atoms. The van der Waals surface area contributed by atoms with Crippen molar-refractivity contribution in [1.82, 2.24) is 10.7 Å². The lowest BCUT2D eigenvalue weighted by atomic mass is 9.71. The summed E-state index contributed by atoms with van der Waals surface area (Å²) >= 11 is 17.5. The summed E-state index contributed by atoms with van der Waals surface area (Å²) in [6.07, 6.45) is -5.94. The molecule has 19 heteroatoms. The number of aliphatic hydroxyl groups is 3. The van der Waals surface area contributed by atoms with Gasteiger partial charge in [0.25, 0.3) is 5.91 Å². The molecular formula is C41H37Cl2FN4O11S. The first kappa shape index (κ1) is 42.9. The minimum Gasteiger partial charge on any atom is -0.507 e. The summed E-state index contributed by atoms with van der Waals surface area (Å²) < 4.78 is 31.3. The van der Waals surface area contributed by atoms with Crippen LogP contribution < -0.4 is 20.8 Å². The van der Waals surface area contributed by atoms with E-state index in [1.54, 1.807) is 6.92 Å². The average Bonchev–Trinajstić information content (AvgIpc) is 3.21. The number of ketones is 2. The minimum atomic E-state index is -2.25. The molecule has 314 valence electrons. The Balaban J connectivity index is 1.27. The van der Waals surface area contributed by atoms with Gasteiger partial charge in [0.1, 0.15) is 34.8 Å². The van der Waals surface area contributed by atoms with Crippen LogP contribution in [0.2, 0.25) is 10.0 Å². The molecule has 1 aliphatic heterocycles. The molecule has 1 amide bonds. The highest BCUT2D eigenvalue weighted by atomic mass is 35.5. The van der Waals surface area contributed by atoms with Gasteiger partial charge in [-0.1, -0.05) is 35.3 Å². The zero-order valence-corrected chi connectivity index (χ0v) is 34.0. The van der Waals surface area contributed by atoms with E-state index in [-0.39, 0.29) is 55.1 Å². The quantitative estimate of drug-likeness (QED) is 0.0435. The lowest BCUT2D eigenvalue weighted by Crippen LogP contribution is -2.56. The second kappa shape index (κ2) is 17.0. The van der Waals surface area contributed by atoms with Crippen molar-refractivity contribution >= 4 is 69.4 Å². The topological polar surface area (TPSA) is 228 Å². The lowest BCUT2D eigenvalue weighted by molar-refractivity contribution is -0.247. The van der Waals surface area contributed by atoms with E-state index in [0.717, 1.165) is 0 Å². The van der Waals surface area contributed by atoms with Gasteiger partial charge in [0, 0.05) is 47.2 Å². The van der Waals surface area contributed by atoms with Crippen LogP contribution in [-0.2, 0) is 15.9 Å². The number of fused-ring (bicyclic) bond motifs is 3. The Morgan fingerprint density at radius 2 is 1.75 bits per heavy atom. The highest BCUT2D eigenvalue weighted by molar-refractivity contribution is 7.80. The maximum Gasteiger partial charge on any atom is 0.271 e. The van der Waals surface area contributed by atoms with E-state index >= 15 is 0 Å². The smallest absolute Gasteiger partial charge is 0.271 e. The fourth-order valence-electron chi connectivity index (χ4n) is 7.69. The summed E-state index contributed by atoms with van der Waals surface area (Å²) in [5, 5.41) is 68.3. The third-order valence-electron chi connectivity index (χ3n) is 10.7. The van der Waals surface area contributed by atoms with Crippen molar-refractivity contribution in [3.05, 3.63) is 115 Å². The molecule has 0 radical (unpaired) electrons. The number of carbonyl (C=O) groups is 3. The molecule has 1 fully saturated rings. The molecule has 0 saturated carbocycles. The van der Waals surface area contributed by atoms with Crippen molar-refractivity contribution in [3.8, 4) is 17.2 Å². The first-order valence-corrected chi connectivity index (χ1v) is 19.6. The Morgan fingerprint density at radius 1 is 1.03 bits per heavy atom. The largest absolute Gasteiger partial charge is 0.507 e. The number of aliphatic hydroxyl groups excluding tert-OH is 2. The molecule has 6 unspecified atom stereocenters. The molecule has 8 N–H and O–H groups in total. The number of anilines is 1. The van der Waals surface area contributed by atoms with E-state index in [0.29, 0.717) is 5.69 Å². The van der Waals surface area contributed by atoms with Gasteiger partial charge >= 0.3 is 0 Å². The van der Waals surface area contributed by atoms with Gasteiger partial charge < -0.3 is 50.4 Å². The van der Waals surface area contributed by atoms with Crippen molar-refractivity contribution in [1.29, 1.82) is 0 Å². The number of carbonyl (C=O) groups excluding carboxylic acids is 3. The second-order valence-corrected chi connectivity index (χ2v) is 15.6. The molecule has 7 rings (SSSR count). The van der Waals surface area contributed by atoms with Crippen LogP contribution in [0.4, 0.5) is 10.1 Å². The molecule has 0 aromatic heterocycles.